The summed E-state index contributed by atoms with van der Waals surface area (Å²) in [5.41, 5.74) is 6.20. The number of anilines is 1. The van der Waals surface area contributed by atoms with Crippen molar-refractivity contribution >= 4 is 54.4 Å². The molecule has 14 heteroatoms. The van der Waals surface area contributed by atoms with Gasteiger partial charge in [0, 0.05) is 11.3 Å². The van der Waals surface area contributed by atoms with Gasteiger partial charge in [-0.1, -0.05) is 14.0 Å². The minimum Gasteiger partial charge on any atom is -0.346 e. The van der Waals surface area contributed by atoms with E-state index in [0.29, 0.717) is 37.1 Å². The summed E-state index contributed by atoms with van der Waals surface area (Å²) in [5, 5.41) is 15.7. The second-order valence-corrected chi connectivity index (χ2v) is 10.8. The lowest BCUT2D eigenvalue weighted by Gasteiger charge is -2.20. The molecule has 1 aromatic rings. The van der Waals surface area contributed by atoms with Crippen molar-refractivity contribution in [2.24, 2.45) is 5.73 Å². The lowest BCUT2D eigenvalue weighted by atomic mass is 10.1. The molecule has 0 aliphatic carbocycles. The predicted molar refractivity (Wildman–Crippen MR) is 140 cm³/mol. The van der Waals surface area contributed by atoms with E-state index in [1.165, 1.54) is 6.07 Å². The second kappa shape index (κ2) is 14.9. The third kappa shape index (κ3) is 10.1. The van der Waals surface area contributed by atoms with Gasteiger partial charge in [0.25, 0.3) is 5.91 Å². The van der Waals surface area contributed by atoms with E-state index < -0.39 is 69.0 Å². The number of carbonyl (C=O) groups is 6. The maximum absolute atomic E-state index is 13.0. The molecule has 8 N–H and O–H groups in total. The summed E-state index contributed by atoms with van der Waals surface area (Å²) in [4.78, 5) is 74.3. The molecule has 202 valence electrons. The van der Waals surface area contributed by atoms with Crippen LogP contribution in [0.4, 0.5) is 5.69 Å². The number of amides is 6. The van der Waals surface area contributed by atoms with Crippen LogP contribution in [0.3, 0.4) is 0 Å². The largest absolute Gasteiger partial charge is 0.346 e. The molecule has 2 rings (SSSR count). The molecule has 0 aromatic heterocycles. The maximum Gasteiger partial charge on any atom is 0.252 e. The van der Waals surface area contributed by atoms with Gasteiger partial charge in [-0.05, 0) is 56.6 Å². The fourth-order valence-electron chi connectivity index (χ4n) is 3.40. The summed E-state index contributed by atoms with van der Waals surface area (Å²) < 4.78 is 0. The monoisotopic (exact) mass is 535 g/mol. The molecule has 1 heterocycles. The zero-order valence-electron chi connectivity index (χ0n) is 20.9. The number of nitrogens with two attached hydrogens (primary N) is 1. The number of rotatable bonds is 5. The van der Waals surface area contributed by atoms with E-state index in [0.717, 1.165) is 5.30 Å². The van der Waals surface area contributed by atoms with Crippen LogP contribution in [0.15, 0.2) is 18.2 Å². The summed E-state index contributed by atoms with van der Waals surface area (Å²) in [6.07, 6.45) is 1.55. The Balaban J connectivity index is 2.31. The SMILES string of the molecule is CP(C)c1ccc2cc1C(=O)NCC(=O)NCC(=O)NCC(=O)NCC(=O)N[C@@H](CCCCN)C(=O)N2. The van der Waals surface area contributed by atoms with Gasteiger partial charge in [-0.3, -0.25) is 28.8 Å². The number of hydrogen-bond donors (Lipinski definition) is 7. The first-order chi connectivity index (χ1) is 17.6. The molecule has 6 amide bonds. The number of carbonyl (C=O) groups excluding carboxylic acids is 6. The summed E-state index contributed by atoms with van der Waals surface area (Å²) in [6.45, 7) is 2.79. The third-order valence-electron chi connectivity index (χ3n) is 5.34. The van der Waals surface area contributed by atoms with Gasteiger partial charge in [-0.25, -0.2) is 0 Å². The van der Waals surface area contributed by atoms with Gasteiger partial charge in [-0.15, -0.1) is 0 Å². The minimum atomic E-state index is -0.906. The molecule has 0 spiro atoms. The van der Waals surface area contributed by atoms with Gasteiger partial charge in [-0.2, -0.15) is 0 Å². The molecular weight excluding hydrogens is 501 g/mol. The molecule has 1 aliphatic heterocycles. The van der Waals surface area contributed by atoms with Crippen molar-refractivity contribution in [1.29, 1.82) is 0 Å². The molecule has 0 fully saturated rings. The van der Waals surface area contributed by atoms with Crippen molar-refractivity contribution in [3.8, 4) is 0 Å². The van der Waals surface area contributed by atoms with Crippen molar-refractivity contribution in [3.05, 3.63) is 23.8 Å². The lowest BCUT2D eigenvalue weighted by Crippen LogP contribution is -2.49. The molecule has 0 unspecified atom stereocenters. The Kier molecular flexibility index (Phi) is 11.9. The molecule has 1 atom stereocenters. The quantitative estimate of drug-likeness (QED) is 0.162. The first-order valence-corrected chi connectivity index (χ1v) is 14.0. The fraction of sp³-hybridized carbons (Fsp3) is 0.478. The van der Waals surface area contributed by atoms with E-state index in [1.54, 1.807) is 12.1 Å². The number of hydrogen-bond acceptors (Lipinski definition) is 7. The Labute approximate surface area is 216 Å². The number of nitrogens with one attached hydrogen (secondary N) is 6. The summed E-state index contributed by atoms with van der Waals surface area (Å²) >= 11 is 0. The van der Waals surface area contributed by atoms with Gasteiger partial charge in [0.05, 0.1) is 26.2 Å². The highest BCUT2D eigenvalue weighted by atomic mass is 31.1. The Bertz CT molecular complexity index is 1030. The molecule has 0 saturated heterocycles. The highest BCUT2D eigenvalue weighted by molar-refractivity contribution is 7.64. The van der Waals surface area contributed by atoms with Gasteiger partial charge < -0.3 is 37.6 Å². The average molecular weight is 536 g/mol. The number of benzene rings is 1. The van der Waals surface area contributed by atoms with Gasteiger partial charge in [0.15, 0.2) is 0 Å². The van der Waals surface area contributed by atoms with E-state index in [9.17, 15) is 28.8 Å². The van der Waals surface area contributed by atoms with Crippen LogP contribution in [-0.2, 0) is 24.0 Å². The molecule has 1 aliphatic rings. The molecule has 0 saturated carbocycles. The van der Waals surface area contributed by atoms with Crippen molar-refractivity contribution in [2.75, 3.05) is 51.4 Å². The van der Waals surface area contributed by atoms with Crippen molar-refractivity contribution in [1.82, 2.24) is 26.6 Å². The van der Waals surface area contributed by atoms with E-state index >= 15 is 0 Å². The molecular formula is C23H34N7O6P. The first kappa shape index (κ1) is 29.7. The Hall–Kier alpha value is -3.57. The maximum atomic E-state index is 13.0. The molecule has 0 radical (unpaired) electrons. The number of unbranched alkanes of at least 4 members (excludes halogenated alkanes) is 1. The Morgan fingerprint density at radius 3 is 1.95 bits per heavy atom. The van der Waals surface area contributed by atoms with Crippen molar-refractivity contribution in [2.45, 2.75) is 25.3 Å². The van der Waals surface area contributed by atoms with E-state index in [-0.39, 0.29) is 6.54 Å². The van der Waals surface area contributed by atoms with Crippen LogP contribution in [0.1, 0.15) is 29.6 Å². The van der Waals surface area contributed by atoms with Crippen LogP contribution in [0, 0.1) is 0 Å². The summed E-state index contributed by atoms with van der Waals surface area (Å²) in [5.74, 6) is -3.44. The van der Waals surface area contributed by atoms with Crippen molar-refractivity contribution in [3.63, 3.8) is 0 Å². The Morgan fingerprint density at radius 1 is 0.811 bits per heavy atom. The minimum absolute atomic E-state index is 0.306. The van der Waals surface area contributed by atoms with Crippen LogP contribution in [0.2, 0.25) is 0 Å². The van der Waals surface area contributed by atoms with Crippen LogP contribution >= 0.6 is 7.92 Å². The van der Waals surface area contributed by atoms with Crippen LogP contribution < -0.4 is 42.9 Å². The molecule has 2 bridgehead atoms. The topological polar surface area (TPSA) is 201 Å². The zero-order chi connectivity index (χ0) is 27.4. The van der Waals surface area contributed by atoms with Crippen LogP contribution in [0.25, 0.3) is 0 Å². The highest BCUT2D eigenvalue weighted by Gasteiger charge is 2.22. The highest BCUT2D eigenvalue weighted by Crippen LogP contribution is 2.27. The molecule has 1 aromatic carbocycles. The average Bonchev–Trinajstić information content (AvgIpc) is 2.86. The lowest BCUT2D eigenvalue weighted by molar-refractivity contribution is -0.129. The van der Waals surface area contributed by atoms with Gasteiger partial charge in [0.2, 0.25) is 29.5 Å². The first-order valence-electron chi connectivity index (χ1n) is 11.8. The fourth-order valence-corrected chi connectivity index (χ4v) is 4.42. The smallest absolute Gasteiger partial charge is 0.252 e. The van der Waals surface area contributed by atoms with E-state index in [2.05, 4.69) is 31.9 Å². The number of fused-ring (bicyclic) bond motifs is 2. The van der Waals surface area contributed by atoms with E-state index in [1.807, 2.05) is 13.3 Å². The van der Waals surface area contributed by atoms with Crippen LogP contribution in [0.5, 0.6) is 0 Å². The third-order valence-corrected chi connectivity index (χ3v) is 6.69. The van der Waals surface area contributed by atoms with Gasteiger partial charge >= 0.3 is 0 Å². The van der Waals surface area contributed by atoms with Gasteiger partial charge in [0.1, 0.15) is 6.04 Å². The van der Waals surface area contributed by atoms with Crippen LogP contribution in [-0.4, -0.2) is 87.5 Å². The molecule has 13 nitrogen and oxygen atoms in total. The zero-order valence-corrected chi connectivity index (χ0v) is 21.8. The predicted octanol–water partition coefficient (Wildman–Crippen LogP) is -2.30. The summed E-state index contributed by atoms with van der Waals surface area (Å²) in [6, 6.07) is 4.02. The van der Waals surface area contributed by atoms with E-state index in [4.69, 9.17) is 5.73 Å². The standard InChI is InChI=1S/C23H34N7O6P/c1-37(2)17-7-6-14-9-15(17)22(35)28-12-20(33)26-10-18(31)25-11-19(32)27-13-21(34)30-16(23(36)29-14)5-3-4-8-24/h6-7,9,16H,3-5,8,10-13,24H2,1-2H3,(H,25,31)(H,26,33)(H,27,32)(H,28,35)(H,29,36)(H,30,34)/t16-/m0/s1. The second-order valence-electron chi connectivity index (χ2n) is 8.53. The Morgan fingerprint density at radius 2 is 1.38 bits per heavy atom. The van der Waals surface area contributed by atoms with Crippen molar-refractivity contribution < 1.29 is 28.8 Å². The normalized spacial score (nSPS) is 18.6. The summed E-state index contributed by atoms with van der Waals surface area (Å²) in [7, 11) is -0.691. The molecule has 37 heavy (non-hydrogen) atoms.